The molecule has 0 amide bonds. The van der Waals surface area contributed by atoms with Crippen molar-refractivity contribution >= 4 is 10.9 Å². The number of nitrogens with two attached hydrogens (primary N) is 1. The maximum Gasteiger partial charge on any atom is 0.133 e. The van der Waals surface area contributed by atoms with E-state index < -0.39 is 11.1 Å². The number of aromatic nitrogens is 1. The van der Waals surface area contributed by atoms with Gasteiger partial charge >= 0.3 is 0 Å². The minimum atomic E-state index is -1.44. The maximum atomic E-state index is 14.9. The number of pyridine rings is 1. The van der Waals surface area contributed by atoms with Crippen molar-refractivity contribution in [2.45, 2.75) is 32.9 Å². The summed E-state index contributed by atoms with van der Waals surface area (Å²) in [5.74, 6) is 0. The molecule has 0 aliphatic rings. The molecule has 2 rings (SSSR count). The smallest absolute Gasteiger partial charge is 0.133 e. The van der Waals surface area contributed by atoms with Crippen molar-refractivity contribution < 1.29 is 4.39 Å². The van der Waals surface area contributed by atoms with Gasteiger partial charge in [-0.15, -0.1) is 0 Å². The third-order valence-corrected chi connectivity index (χ3v) is 3.79. The zero-order chi connectivity index (χ0) is 14.1. The third-order valence-electron chi connectivity index (χ3n) is 3.79. The highest BCUT2D eigenvalue weighted by Crippen LogP contribution is 2.36. The highest BCUT2D eigenvalue weighted by atomic mass is 19.1. The Balaban J connectivity index is 2.35. The Morgan fingerprint density at radius 3 is 2.42 bits per heavy atom. The predicted octanol–water partition coefficient (Wildman–Crippen LogP) is 3.49. The zero-order valence-corrected chi connectivity index (χ0v) is 11.8. The summed E-state index contributed by atoms with van der Waals surface area (Å²) in [7, 11) is 0. The van der Waals surface area contributed by atoms with E-state index in [9.17, 15) is 4.39 Å². The Morgan fingerprint density at radius 2 is 1.79 bits per heavy atom. The van der Waals surface area contributed by atoms with Crippen molar-refractivity contribution in [3.8, 4) is 0 Å². The summed E-state index contributed by atoms with van der Waals surface area (Å²) in [6.45, 7) is 5.63. The highest BCUT2D eigenvalue weighted by Gasteiger charge is 2.41. The van der Waals surface area contributed by atoms with Crippen LogP contribution in [0.25, 0.3) is 10.9 Å². The lowest BCUT2D eigenvalue weighted by molar-refractivity contribution is 0.0374. The molecule has 0 saturated carbocycles. The Morgan fingerprint density at radius 1 is 1.11 bits per heavy atom. The van der Waals surface area contributed by atoms with Crippen molar-refractivity contribution in [2.75, 3.05) is 6.54 Å². The lowest BCUT2D eigenvalue weighted by Crippen LogP contribution is -2.47. The van der Waals surface area contributed by atoms with Gasteiger partial charge in [0.2, 0.25) is 0 Å². The second kappa shape index (κ2) is 4.89. The summed E-state index contributed by atoms with van der Waals surface area (Å²) in [6, 6.07) is 11.7. The predicted molar refractivity (Wildman–Crippen MR) is 77.8 cm³/mol. The normalized spacial score (nSPS) is 15.4. The number of nitrogens with zero attached hydrogens (tertiary/aromatic N) is 1. The molecule has 0 fully saturated rings. The second-order valence-electron chi connectivity index (χ2n) is 6.09. The summed E-state index contributed by atoms with van der Waals surface area (Å²) in [5, 5.41) is 1.07. The van der Waals surface area contributed by atoms with E-state index >= 15 is 0 Å². The molecule has 0 saturated heterocycles. The van der Waals surface area contributed by atoms with Gasteiger partial charge in [-0.25, -0.2) is 4.39 Å². The largest absolute Gasteiger partial charge is 0.327 e. The molecule has 0 aliphatic carbocycles. The molecule has 19 heavy (non-hydrogen) atoms. The fourth-order valence-electron chi connectivity index (χ4n) is 2.14. The molecule has 2 aromatic rings. The topological polar surface area (TPSA) is 38.9 Å². The Kier molecular flexibility index (Phi) is 3.59. The van der Waals surface area contributed by atoms with E-state index in [2.05, 4.69) is 4.98 Å². The molecule has 0 spiro atoms. The monoisotopic (exact) mass is 260 g/mol. The lowest BCUT2D eigenvalue weighted by atomic mass is 9.75. The van der Waals surface area contributed by atoms with Crippen molar-refractivity contribution in [1.29, 1.82) is 0 Å². The van der Waals surface area contributed by atoms with Crippen molar-refractivity contribution in [1.82, 2.24) is 4.98 Å². The Labute approximate surface area is 113 Å². The van der Waals surface area contributed by atoms with Gasteiger partial charge in [0.05, 0.1) is 5.52 Å². The average molecular weight is 260 g/mol. The van der Waals surface area contributed by atoms with E-state index in [4.69, 9.17) is 5.73 Å². The van der Waals surface area contributed by atoms with Crippen LogP contribution in [0.2, 0.25) is 0 Å². The van der Waals surface area contributed by atoms with Crippen molar-refractivity contribution in [2.24, 2.45) is 11.1 Å². The molecule has 102 valence electrons. The second-order valence-corrected chi connectivity index (χ2v) is 6.09. The number of alkyl halides is 1. The molecule has 1 heterocycles. The van der Waals surface area contributed by atoms with E-state index in [-0.39, 0.29) is 13.0 Å². The minimum absolute atomic E-state index is 0.00497. The van der Waals surface area contributed by atoms with Gasteiger partial charge in [-0.2, -0.15) is 0 Å². The van der Waals surface area contributed by atoms with Crippen LogP contribution in [-0.2, 0) is 6.42 Å². The number of halogens is 1. The number of hydrogen-bond donors (Lipinski definition) is 1. The molecule has 0 radical (unpaired) electrons. The van der Waals surface area contributed by atoms with E-state index in [1.54, 1.807) is 0 Å². The molecule has 1 aromatic carbocycles. The van der Waals surface area contributed by atoms with Crippen LogP contribution >= 0.6 is 0 Å². The van der Waals surface area contributed by atoms with E-state index in [0.717, 1.165) is 16.6 Å². The van der Waals surface area contributed by atoms with Crippen LogP contribution in [0.5, 0.6) is 0 Å². The molecular weight excluding hydrogens is 239 g/mol. The summed E-state index contributed by atoms with van der Waals surface area (Å²) in [6.07, 6.45) is 0.248. The molecular formula is C16H21FN2. The quantitative estimate of drug-likeness (QED) is 0.917. The molecule has 3 heteroatoms. The fraction of sp³-hybridized carbons (Fsp3) is 0.438. The van der Waals surface area contributed by atoms with Crippen molar-refractivity contribution in [3.63, 3.8) is 0 Å². The zero-order valence-electron chi connectivity index (χ0n) is 11.8. The first kappa shape index (κ1) is 13.9. The van der Waals surface area contributed by atoms with E-state index in [1.165, 1.54) is 0 Å². The average Bonchev–Trinajstić information content (AvgIpc) is 2.37. The van der Waals surface area contributed by atoms with Crippen LogP contribution in [0.4, 0.5) is 4.39 Å². The van der Waals surface area contributed by atoms with Gasteiger partial charge in [0, 0.05) is 24.0 Å². The number of benzene rings is 1. The molecule has 0 aliphatic heterocycles. The summed E-state index contributed by atoms with van der Waals surface area (Å²) in [4.78, 5) is 4.53. The molecule has 2 N–H and O–H groups in total. The number of hydrogen-bond acceptors (Lipinski definition) is 2. The third kappa shape index (κ3) is 2.76. The van der Waals surface area contributed by atoms with Gasteiger partial charge in [-0.1, -0.05) is 45.0 Å². The number of rotatable bonds is 3. The van der Waals surface area contributed by atoms with Crippen LogP contribution in [0, 0.1) is 5.41 Å². The van der Waals surface area contributed by atoms with Gasteiger partial charge in [0.15, 0.2) is 0 Å². The van der Waals surface area contributed by atoms with Crippen LogP contribution in [0.15, 0.2) is 36.4 Å². The first-order valence-electron chi connectivity index (χ1n) is 6.59. The lowest BCUT2D eigenvalue weighted by Gasteiger charge is -2.36. The standard InChI is InChI=1S/C16H21FN2/c1-15(2,3)16(17,11-18)10-13-9-8-12-6-4-5-7-14(12)19-13/h4-9H,10-11,18H2,1-3H3. The van der Waals surface area contributed by atoms with E-state index in [1.807, 2.05) is 57.2 Å². The first-order valence-corrected chi connectivity index (χ1v) is 6.59. The molecule has 1 aromatic heterocycles. The Hall–Kier alpha value is -1.48. The van der Waals surface area contributed by atoms with Gasteiger partial charge in [0.25, 0.3) is 0 Å². The summed E-state index contributed by atoms with van der Waals surface area (Å²) in [5.41, 5.74) is 5.35. The van der Waals surface area contributed by atoms with Crippen molar-refractivity contribution in [3.05, 3.63) is 42.1 Å². The number of para-hydroxylation sites is 1. The van der Waals surface area contributed by atoms with Crippen LogP contribution in [-0.4, -0.2) is 17.2 Å². The maximum absolute atomic E-state index is 14.9. The minimum Gasteiger partial charge on any atom is -0.327 e. The van der Waals surface area contributed by atoms with Gasteiger partial charge in [0.1, 0.15) is 5.67 Å². The number of fused-ring (bicyclic) bond motifs is 1. The van der Waals surface area contributed by atoms with Crippen LogP contribution in [0.1, 0.15) is 26.5 Å². The van der Waals surface area contributed by atoms with Crippen LogP contribution in [0.3, 0.4) is 0 Å². The highest BCUT2D eigenvalue weighted by molar-refractivity contribution is 5.78. The fourth-order valence-corrected chi connectivity index (χ4v) is 2.14. The molecule has 1 unspecified atom stereocenters. The SMILES string of the molecule is CC(C)(C)C(F)(CN)Cc1ccc2ccccc2n1. The molecule has 2 nitrogen and oxygen atoms in total. The summed E-state index contributed by atoms with van der Waals surface area (Å²) < 4.78 is 14.9. The van der Waals surface area contributed by atoms with Gasteiger partial charge < -0.3 is 5.73 Å². The molecule has 1 atom stereocenters. The summed E-state index contributed by atoms with van der Waals surface area (Å²) >= 11 is 0. The molecule has 0 bridgehead atoms. The van der Waals surface area contributed by atoms with Crippen LogP contribution < -0.4 is 5.73 Å². The first-order chi connectivity index (χ1) is 8.86. The van der Waals surface area contributed by atoms with E-state index in [0.29, 0.717) is 0 Å². The van der Waals surface area contributed by atoms with Gasteiger partial charge in [-0.3, -0.25) is 4.98 Å². The Bertz CT molecular complexity index is 574. The van der Waals surface area contributed by atoms with Gasteiger partial charge in [-0.05, 0) is 17.5 Å².